The molecule has 2 unspecified atom stereocenters. The van der Waals surface area contributed by atoms with Gasteiger partial charge in [-0.3, -0.25) is 20.6 Å². The Morgan fingerprint density at radius 1 is 1.09 bits per heavy atom. The van der Waals surface area contributed by atoms with Crippen LogP contribution in [0, 0.1) is 5.82 Å². The number of amides is 1. The van der Waals surface area contributed by atoms with Gasteiger partial charge in [-0.1, -0.05) is 30.3 Å². The number of hydrazine groups is 1. The van der Waals surface area contributed by atoms with Crippen LogP contribution in [-0.2, 0) is 0 Å². The lowest BCUT2D eigenvalue weighted by Crippen LogP contribution is -2.32. The van der Waals surface area contributed by atoms with Crippen molar-refractivity contribution >= 4 is 16.8 Å². The quantitative estimate of drug-likeness (QED) is 0.403. The molecule has 0 spiro atoms. The van der Waals surface area contributed by atoms with Crippen molar-refractivity contribution in [3.05, 3.63) is 96.1 Å². The first-order chi connectivity index (χ1) is 17.1. The first kappa shape index (κ1) is 23.1. The molecule has 7 heteroatoms. The van der Waals surface area contributed by atoms with Crippen molar-refractivity contribution in [2.75, 3.05) is 13.6 Å². The molecule has 2 atom stereocenters. The number of aromatic nitrogens is 2. The largest absolute Gasteiger partial charge is 0.342 e. The molecule has 1 saturated heterocycles. The van der Waals surface area contributed by atoms with Gasteiger partial charge in [-0.25, -0.2) is 9.37 Å². The van der Waals surface area contributed by atoms with E-state index in [1.807, 2.05) is 55.6 Å². The zero-order chi connectivity index (χ0) is 24.2. The number of carbonyl (C=O) groups excluding carboxylic acids is 1. The molecule has 0 radical (unpaired) electrons. The van der Waals surface area contributed by atoms with Gasteiger partial charge in [0.2, 0.25) is 0 Å². The van der Waals surface area contributed by atoms with Crippen molar-refractivity contribution in [3.63, 3.8) is 0 Å². The fourth-order valence-electron chi connectivity index (χ4n) is 4.65. The number of rotatable bonds is 7. The summed E-state index contributed by atoms with van der Waals surface area (Å²) in [6.07, 6.45) is 6.13. The third-order valence-corrected chi connectivity index (χ3v) is 6.53. The number of benzene rings is 2. The molecule has 1 fully saturated rings. The van der Waals surface area contributed by atoms with E-state index < -0.39 is 0 Å². The van der Waals surface area contributed by atoms with E-state index in [0.29, 0.717) is 12.1 Å². The number of halogens is 1. The van der Waals surface area contributed by atoms with Gasteiger partial charge in [0.05, 0.1) is 16.8 Å². The normalized spacial score (nSPS) is 17.5. The van der Waals surface area contributed by atoms with Gasteiger partial charge >= 0.3 is 0 Å². The molecule has 35 heavy (non-hydrogen) atoms. The van der Waals surface area contributed by atoms with E-state index in [-0.39, 0.29) is 23.8 Å². The molecule has 0 bridgehead atoms. The minimum Gasteiger partial charge on any atom is -0.342 e. The predicted molar refractivity (Wildman–Crippen MR) is 135 cm³/mol. The fraction of sp³-hybridized carbons (Fsp3) is 0.250. The van der Waals surface area contributed by atoms with Gasteiger partial charge in [-0.05, 0) is 61.2 Å². The van der Waals surface area contributed by atoms with Gasteiger partial charge < -0.3 is 4.90 Å². The van der Waals surface area contributed by atoms with Crippen LogP contribution < -0.4 is 10.9 Å². The predicted octanol–water partition coefficient (Wildman–Crippen LogP) is 4.90. The number of pyridine rings is 2. The molecule has 0 saturated carbocycles. The SMILES string of the molecule is CN(CCCC1CC(c2cccc(F)c2)NN1)C(=O)c1cc(-c2cccnc2)nc2ccccc12. The van der Waals surface area contributed by atoms with Crippen molar-refractivity contribution in [3.8, 4) is 11.3 Å². The molecule has 2 N–H and O–H groups in total. The van der Waals surface area contributed by atoms with Crippen LogP contribution in [-0.4, -0.2) is 40.4 Å². The van der Waals surface area contributed by atoms with Crippen LogP contribution in [0.1, 0.15) is 41.2 Å². The Hall–Kier alpha value is -3.68. The topological polar surface area (TPSA) is 70.2 Å². The Labute approximate surface area is 204 Å². The molecular formula is C28H28FN5O. The van der Waals surface area contributed by atoms with Gasteiger partial charge in [0, 0.05) is 49.0 Å². The van der Waals surface area contributed by atoms with E-state index in [1.165, 1.54) is 6.07 Å². The first-order valence-electron chi connectivity index (χ1n) is 11.9. The lowest BCUT2D eigenvalue weighted by Gasteiger charge is -2.20. The molecule has 3 heterocycles. The fourth-order valence-corrected chi connectivity index (χ4v) is 4.65. The minimum absolute atomic E-state index is 0.0242. The lowest BCUT2D eigenvalue weighted by atomic mass is 9.99. The summed E-state index contributed by atoms with van der Waals surface area (Å²) < 4.78 is 13.6. The van der Waals surface area contributed by atoms with Crippen LogP contribution in [0.25, 0.3) is 22.2 Å². The summed E-state index contributed by atoms with van der Waals surface area (Å²) in [5, 5.41) is 0.844. The number of para-hydroxylation sites is 1. The Kier molecular flexibility index (Phi) is 6.79. The Morgan fingerprint density at radius 3 is 2.80 bits per heavy atom. The van der Waals surface area contributed by atoms with Crippen LogP contribution in [0.4, 0.5) is 4.39 Å². The van der Waals surface area contributed by atoms with E-state index in [9.17, 15) is 9.18 Å². The summed E-state index contributed by atoms with van der Waals surface area (Å²) in [5.74, 6) is -0.243. The van der Waals surface area contributed by atoms with Gasteiger partial charge in [-0.15, -0.1) is 0 Å². The number of nitrogens with one attached hydrogen (secondary N) is 2. The maximum Gasteiger partial charge on any atom is 0.254 e. The van der Waals surface area contributed by atoms with Crippen molar-refractivity contribution < 1.29 is 9.18 Å². The van der Waals surface area contributed by atoms with Gasteiger partial charge in [0.1, 0.15) is 5.82 Å². The maximum absolute atomic E-state index is 13.6. The van der Waals surface area contributed by atoms with Gasteiger partial charge in [-0.2, -0.15) is 0 Å². The van der Waals surface area contributed by atoms with Crippen molar-refractivity contribution in [2.24, 2.45) is 0 Å². The van der Waals surface area contributed by atoms with Crippen molar-refractivity contribution in [1.82, 2.24) is 25.7 Å². The summed E-state index contributed by atoms with van der Waals surface area (Å²) in [5.41, 5.74) is 10.6. The van der Waals surface area contributed by atoms with E-state index in [0.717, 1.165) is 47.0 Å². The number of hydrogen-bond acceptors (Lipinski definition) is 5. The molecule has 6 nitrogen and oxygen atoms in total. The molecule has 1 amide bonds. The van der Waals surface area contributed by atoms with E-state index in [1.54, 1.807) is 29.4 Å². The van der Waals surface area contributed by atoms with E-state index >= 15 is 0 Å². The molecular weight excluding hydrogens is 441 g/mol. The third-order valence-electron chi connectivity index (χ3n) is 6.53. The minimum atomic E-state index is -0.219. The smallest absolute Gasteiger partial charge is 0.254 e. The second-order valence-corrected chi connectivity index (χ2v) is 9.01. The zero-order valence-electron chi connectivity index (χ0n) is 19.6. The molecule has 2 aromatic carbocycles. The van der Waals surface area contributed by atoms with Gasteiger partial charge in [0.15, 0.2) is 0 Å². The van der Waals surface area contributed by atoms with Crippen molar-refractivity contribution in [2.45, 2.75) is 31.3 Å². The monoisotopic (exact) mass is 469 g/mol. The summed E-state index contributed by atoms with van der Waals surface area (Å²) in [4.78, 5) is 24.2. The molecule has 0 aliphatic carbocycles. The summed E-state index contributed by atoms with van der Waals surface area (Å²) in [7, 11) is 1.84. The van der Waals surface area contributed by atoms with Crippen LogP contribution in [0.3, 0.4) is 0 Å². The number of hydrogen-bond donors (Lipinski definition) is 2. The van der Waals surface area contributed by atoms with E-state index in [2.05, 4.69) is 15.8 Å². The zero-order valence-corrected chi connectivity index (χ0v) is 19.6. The summed E-state index contributed by atoms with van der Waals surface area (Å²) >= 11 is 0. The number of carbonyl (C=O) groups is 1. The van der Waals surface area contributed by atoms with Crippen LogP contribution in [0.2, 0.25) is 0 Å². The third kappa shape index (κ3) is 5.21. The van der Waals surface area contributed by atoms with Gasteiger partial charge in [0.25, 0.3) is 5.91 Å². The highest BCUT2D eigenvalue weighted by Gasteiger charge is 2.25. The van der Waals surface area contributed by atoms with Crippen molar-refractivity contribution in [1.29, 1.82) is 0 Å². The molecule has 178 valence electrons. The summed E-state index contributed by atoms with van der Waals surface area (Å²) in [6, 6.07) is 20.5. The Morgan fingerprint density at radius 2 is 1.97 bits per heavy atom. The van der Waals surface area contributed by atoms with Crippen LogP contribution in [0.5, 0.6) is 0 Å². The average molecular weight is 470 g/mol. The first-order valence-corrected chi connectivity index (χ1v) is 11.9. The standard InChI is InChI=1S/C28H28FN5O/c1-34(14-6-10-22-16-27(33-32-22)19-7-4-9-21(29)15-19)28(35)24-17-26(20-8-5-13-30-18-20)31-25-12-3-2-11-23(24)25/h2-5,7-9,11-13,15,17-18,22,27,32-33H,6,10,14,16H2,1H3. The molecule has 2 aromatic heterocycles. The second-order valence-electron chi connectivity index (χ2n) is 9.01. The summed E-state index contributed by atoms with van der Waals surface area (Å²) in [6.45, 7) is 0.639. The molecule has 5 rings (SSSR count). The van der Waals surface area contributed by atoms with Crippen LogP contribution >= 0.6 is 0 Å². The lowest BCUT2D eigenvalue weighted by molar-refractivity contribution is 0.0793. The van der Waals surface area contributed by atoms with Crippen LogP contribution in [0.15, 0.2) is 79.1 Å². The van der Waals surface area contributed by atoms with E-state index in [4.69, 9.17) is 4.98 Å². The maximum atomic E-state index is 13.6. The Bertz CT molecular complexity index is 1330. The molecule has 4 aromatic rings. The highest BCUT2D eigenvalue weighted by molar-refractivity contribution is 6.07. The molecule has 1 aliphatic rings. The Balaban J connectivity index is 1.24. The average Bonchev–Trinajstić information content (AvgIpc) is 3.37. The second kappa shape index (κ2) is 10.3. The number of nitrogens with zero attached hydrogens (tertiary/aromatic N) is 3. The highest BCUT2D eigenvalue weighted by Crippen LogP contribution is 2.27. The number of fused-ring (bicyclic) bond motifs is 1. The molecule has 1 aliphatic heterocycles. The highest BCUT2D eigenvalue weighted by atomic mass is 19.1.